The van der Waals surface area contributed by atoms with Crippen LogP contribution in [0.3, 0.4) is 0 Å². The molecule has 0 bridgehead atoms. The van der Waals surface area contributed by atoms with Crippen molar-refractivity contribution in [1.29, 1.82) is 0 Å². The third kappa shape index (κ3) is 2.93. The predicted molar refractivity (Wildman–Crippen MR) is 90.8 cm³/mol. The Morgan fingerprint density at radius 1 is 0.556 bits per heavy atom. The number of aromatic nitrogens is 1. The lowest BCUT2D eigenvalue weighted by atomic mass is 10.1. The monoisotopic (exact) mass is 379 g/mol. The molecule has 0 N–H and O–H groups in total. The smallest absolute Gasteiger partial charge is 0.309 e. The normalized spacial score (nSPS) is 12.8. The largest absolute Gasteiger partial charge is 0.416 e. The second-order valence-corrected chi connectivity index (χ2v) is 6.13. The summed E-state index contributed by atoms with van der Waals surface area (Å²) in [6.45, 7) is 0. The molecule has 1 nitrogen and oxygen atoms in total. The number of benzene rings is 3. The molecule has 1 heterocycles. The Morgan fingerprint density at radius 3 is 1.37 bits per heavy atom. The molecule has 0 aliphatic heterocycles. The minimum atomic E-state index is -4.89. The fraction of sp³-hybridized carbons (Fsp3) is 0.100. The maximum Gasteiger partial charge on any atom is 0.416 e. The van der Waals surface area contributed by atoms with E-state index in [0.717, 1.165) is 22.9 Å². The summed E-state index contributed by atoms with van der Waals surface area (Å²) in [6.07, 6.45) is -9.79. The van der Waals surface area contributed by atoms with Crippen molar-refractivity contribution in [3.05, 3.63) is 77.9 Å². The van der Waals surface area contributed by atoms with Crippen LogP contribution in [0.4, 0.5) is 26.3 Å². The van der Waals surface area contributed by atoms with E-state index in [1.165, 1.54) is 4.57 Å². The van der Waals surface area contributed by atoms with Crippen molar-refractivity contribution in [3.8, 4) is 5.69 Å². The van der Waals surface area contributed by atoms with Crippen molar-refractivity contribution in [2.45, 2.75) is 12.4 Å². The average Bonchev–Trinajstić information content (AvgIpc) is 2.94. The van der Waals surface area contributed by atoms with Crippen LogP contribution in [0.1, 0.15) is 11.1 Å². The molecular formula is C20H11F6N. The van der Waals surface area contributed by atoms with Crippen molar-refractivity contribution in [3.63, 3.8) is 0 Å². The lowest BCUT2D eigenvalue weighted by Crippen LogP contribution is -2.12. The minimum Gasteiger partial charge on any atom is -0.309 e. The molecule has 0 aliphatic rings. The van der Waals surface area contributed by atoms with Gasteiger partial charge in [-0.15, -0.1) is 0 Å². The third-order valence-corrected chi connectivity index (χ3v) is 4.41. The van der Waals surface area contributed by atoms with Crippen molar-refractivity contribution in [1.82, 2.24) is 4.57 Å². The van der Waals surface area contributed by atoms with Crippen LogP contribution in [-0.2, 0) is 12.4 Å². The molecule has 0 saturated heterocycles. The first kappa shape index (κ1) is 17.5. The summed E-state index contributed by atoms with van der Waals surface area (Å²) in [6, 6.07) is 15.5. The predicted octanol–water partition coefficient (Wildman–Crippen LogP) is 6.82. The molecule has 138 valence electrons. The summed E-state index contributed by atoms with van der Waals surface area (Å²) < 4.78 is 80.8. The molecule has 0 radical (unpaired) electrons. The van der Waals surface area contributed by atoms with Crippen LogP contribution in [-0.4, -0.2) is 4.57 Å². The zero-order valence-corrected chi connectivity index (χ0v) is 13.6. The van der Waals surface area contributed by atoms with Crippen molar-refractivity contribution >= 4 is 21.8 Å². The van der Waals surface area contributed by atoms with Gasteiger partial charge < -0.3 is 4.57 Å². The number of hydrogen-bond donors (Lipinski definition) is 0. The van der Waals surface area contributed by atoms with E-state index >= 15 is 0 Å². The molecule has 1 aromatic heterocycles. The van der Waals surface area contributed by atoms with Gasteiger partial charge in [0.1, 0.15) is 0 Å². The van der Waals surface area contributed by atoms with E-state index < -0.39 is 23.5 Å². The van der Waals surface area contributed by atoms with Crippen molar-refractivity contribution in [2.75, 3.05) is 0 Å². The molecular weight excluding hydrogens is 368 g/mol. The SMILES string of the molecule is FC(F)(F)c1cc(-n2c3ccccc3c3ccccc32)cc(C(F)(F)F)c1. The minimum absolute atomic E-state index is 0.136. The van der Waals surface area contributed by atoms with Crippen LogP contribution >= 0.6 is 0 Å². The number of nitrogens with zero attached hydrogens (tertiary/aromatic N) is 1. The van der Waals surface area contributed by atoms with Gasteiger partial charge in [-0.3, -0.25) is 0 Å². The zero-order valence-electron chi connectivity index (χ0n) is 13.6. The van der Waals surface area contributed by atoms with Gasteiger partial charge in [-0.25, -0.2) is 0 Å². The van der Waals surface area contributed by atoms with Crippen LogP contribution in [0.15, 0.2) is 66.7 Å². The zero-order chi connectivity index (χ0) is 19.4. The topological polar surface area (TPSA) is 4.93 Å². The van der Waals surface area contributed by atoms with Crippen molar-refractivity contribution in [2.24, 2.45) is 0 Å². The van der Waals surface area contributed by atoms with E-state index in [4.69, 9.17) is 0 Å². The van der Waals surface area contributed by atoms with Crippen LogP contribution in [0.25, 0.3) is 27.5 Å². The van der Waals surface area contributed by atoms with E-state index in [0.29, 0.717) is 11.0 Å². The maximum absolute atomic E-state index is 13.2. The lowest BCUT2D eigenvalue weighted by molar-refractivity contribution is -0.143. The van der Waals surface area contributed by atoms with E-state index in [1.807, 2.05) is 0 Å². The molecule has 4 rings (SSSR count). The summed E-state index contributed by atoms with van der Waals surface area (Å²) >= 11 is 0. The quantitative estimate of drug-likeness (QED) is 0.320. The summed E-state index contributed by atoms with van der Waals surface area (Å²) in [5.74, 6) is 0. The molecule has 0 atom stereocenters. The van der Waals surface area contributed by atoms with Gasteiger partial charge in [0.2, 0.25) is 0 Å². The molecule has 0 unspecified atom stereocenters. The molecule has 0 fully saturated rings. The summed E-state index contributed by atoms with van der Waals surface area (Å²) in [5.41, 5.74) is -1.80. The molecule has 4 aromatic rings. The van der Waals surface area contributed by atoms with Crippen LogP contribution in [0.5, 0.6) is 0 Å². The Labute approximate surface area is 149 Å². The third-order valence-electron chi connectivity index (χ3n) is 4.41. The maximum atomic E-state index is 13.2. The Balaban J connectivity index is 2.12. The highest BCUT2D eigenvalue weighted by Crippen LogP contribution is 2.39. The molecule has 27 heavy (non-hydrogen) atoms. The molecule has 0 aliphatic carbocycles. The Morgan fingerprint density at radius 2 is 0.963 bits per heavy atom. The highest BCUT2D eigenvalue weighted by Gasteiger charge is 2.37. The van der Waals surface area contributed by atoms with Crippen molar-refractivity contribution < 1.29 is 26.3 Å². The van der Waals surface area contributed by atoms with Gasteiger partial charge in [0, 0.05) is 16.5 Å². The van der Waals surface area contributed by atoms with Gasteiger partial charge in [0.05, 0.1) is 22.2 Å². The fourth-order valence-electron chi connectivity index (χ4n) is 3.27. The number of halogens is 6. The average molecular weight is 379 g/mol. The standard InChI is InChI=1S/C20H11F6N/c21-19(22,23)12-9-13(20(24,25)26)11-14(10-12)27-17-7-3-1-5-15(17)16-6-2-4-8-18(16)27/h1-11H. The summed E-state index contributed by atoms with van der Waals surface area (Å²) in [5, 5.41) is 1.50. The van der Waals surface area contributed by atoms with Gasteiger partial charge in [0.15, 0.2) is 0 Å². The van der Waals surface area contributed by atoms with E-state index in [-0.39, 0.29) is 11.8 Å². The Bertz CT molecular complexity index is 1070. The van der Waals surface area contributed by atoms with Gasteiger partial charge in [-0.2, -0.15) is 26.3 Å². The molecule has 0 saturated carbocycles. The van der Waals surface area contributed by atoms with E-state index in [1.54, 1.807) is 48.5 Å². The molecule has 3 aromatic carbocycles. The summed E-state index contributed by atoms with van der Waals surface area (Å²) in [7, 11) is 0. The first-order valence-electron chi connectivity index (χ1n) is 7.94. The highest BCUT2D eigenvalue weighted by atomic mass is 19.4. The first-order chi connectivity index (χ1) is 12.7. The lowest BCUT2D eigenvalue weighted by Gasteiger charge is -2.16. The first-order valence-corrected chi connectivity index (χ1v) is 7.94. The van der Waals surface area contributed by atoms with Crippen LogP contribution < -0.4 is 0 Å². The van der Waals surface area contributed by atoms with Gasteiger partial charge >= 0.3 is 12.4 Å². The molecule has 0 spiro atoms. The van der Waals surface area contributed by atoms with Crippen LogP contribution in [0, 0.1) is 0 Å². The number of alkyl halides is 6. The number of hydrogen-bond acceptors (Lipinski definition) is 0. The van der Waals surface area contributed by atoms with E-state index in [9.17, 15) is 26.3 Å². The molecule has 7 heteroatoms. The fourth-order valence-corrected chi connectivity index (χ4v) is 3.27. The second kappa shape index (κ2) is 5.77. The van der Waals surface area contributed by atoms with Gasteiger partial charge in [-0.1, -0.05) is 36.4 Å². The number of rotatable bonds is 1. The second-order valence-electron chi connectivity index (χ2n) is 6.13. The van der Waals surface area contributed by atoms with Gasteiger partial charge in [0.25, 0.3) is 0 Å². The highest BCUT2D eigenvalue weighted by molar-refractivity contribution is 6.09. The van der Waals surface area contributed by atoms with Crippen LogP contribution in [0.2, 0.25) is 0 Å². The Hall–Kier alpha value is -2.96. The number of fused-ring (bicyclic) bond motifs is 3. The summed E-state index contributed by atoms with van der Waals surface area (Å²) in [4.78, 5) is 0. The van der Waals surface area contributed by atoms with Gasteiger partial charge in [-0.05, 0) is 30.3 Å². The number of para-hydroxylation sites is 2. The Kier molecular flexibility index (Phi) is 3.73. The van der Waals surface area contributed by atoms with E-state index in [2.05, 4.69) is 0 Å². The molecule has 0 amide bonds.